The number of methoxy groups -OCH3 is 4. The molecule has 0 aliphatic heterocycles. The molecule has 0 amide bonds. The first kappa shape index (κ1) is 62.6. The minimum Gasteiger partial charge on any atom is -0.497 e. The third-order valence-corrected chi connectivity index (χ3v) is 16.8. The second kappa shape index (κ2) is 27.0. The molecule has 1 aromatic heterocycles. The van der Waals surface area contributed by atoms with Crippen molar-refractivity contribution in [3.05, 3.63) is 142 Å². The lowest BCUT2D eigenvalue weighted by atomic mass is 9.82. The fourth-order valence-corrected chi connectivity index (χ4v) is 12.3. The van der Waals surface area contributed by atoms with E-state index in [1.807, 2.05) is 48.5 Å². The summed E-state index contributed by atoms with van der Waals surface area (Å²) in [5.74, 6) is 5.33. The van der Waals surface area contributed by atoms with Gasteiger partial charge in [-0.25, -0.2) is 0 Å². The van der Waals surface area contributed by atoms with Crippen LogP contribution in [0.4, 0.5) is 0 Å². The Balaban J connectivity index is 1.44. The standard InChI is InChI=1S/C69H92O10P2/c1-19-21-23-25-27-46-29-33-50(34-30-46)74-80(75-51-35-31-47(32-36-51)28-26-24-22-20-2)76-62-48(38-52(70-15)42-58(62)66(3,4)5)37-49-39-53(71-16)43-59(67(6,7)8)63(49)77-81-78-64-56(40-54(72-17)44-60(64)68(9,10)11)57-41-55(73-18)45-61(65(57)79-81)69(12,13)14/h29-36,38-45H,19-28,37H2,1-18H3. The highest BCUT2D eigenvalue weighted by Gasteiger charge is 2.33. The second-order valence-corrected chi connectivity index (χ2v) is 27.5. The fourth-order valence-electron chi connectivity index (χ4n) is 10.0. The monoisotopic (exact) mass is 1140 g/mol. The lowest BCUT2D eigenvalue weighted by molar-refractivity contribution is 0.377. The number of fused-ring (bicyclic) bond motifs is 3. The van der Waals surface area contributed by atoms with Gasteiger partial charge in [-0.05, 0) is 131 Å². The summed E-state index contributed by atoms with van der Waals surface area (Å²) >= 11 is 0. The Morgan fingerprint density at radius 2 is 0.753 bits per heavy atom. The van der Waals surface area contributed by atoms with Crippen LogP contribution in [0.2, 0.25) is 0 Å². The normalized spacial score (nSPS) is 12.2. The zero-order valence-corrected chi connectivity index (χ0v) is 53.8. The van der Waals surface area contributed by atoms with E-state index in [4.69, 9.17) is 45.4 Å². The van der Waals surface area contributed by atoms with Crippen LogP contribution in [-0.2, 0) is 40.9 Å². The molecule has 0 aliphatic rings. The van der Waals surface area contributed by atoms with Crippen molar-refractivity contribution in [2.75, 3.05) is 28.4 Å². The number of benzene rings is 6. The molecule has 0 spiro atoms. The van der Waals surface area contributed by atoms with Crippen molar-refractivity contribution in [3.63, 3.8) is 0 Å². The van der Waals surface area contributed by atoms with Crippen LogP contribution in [-0.4, -0.2) is 28.4 Å². The molecule has 6 aromatic carbocycles. The lowest BCUT2D eigenvalue weighted by Crippen LogP contribution is -2.16. The highest BCUT2D eigenvalue weighted by Crippen LogP contribution is 2.52. The van der Waals surface area contributed by atoms with Gasteiger partial charge < -0.3 is 45.4 Å². The van der Waals surface area contributed by atoms with Gasteiger partial charge in [0, 0.05) is 50.6 Å². The Morgan fingerprint density at radius 3 is 1.12 bits per heavy atom. The molecule has 0 fully saturated rings. The van der Waals surface area contributed by atoms with Gasteiger partial charge in [-0.2, -0.15) is 0 Å². The van der Waals surface area contributed by atoms with Crippen LogP contribution in [0.5, 0.6) is 46.0 Å². The maximum Gasteiger partial charge on any atom is 0.530 e. The molecule has 7 rings (SSSR count). The molecule has 1 heterocycles. The van der Waals surface area contributed by atoms with Crippen LogP contribution in [0.25, 0.3) is 21.9 Å². The van der Waals surface area contributed by atoms with Gasteiger partial charge in [0.05, 0.1) is 28.4 Å². The summed E-state index contributed by atoms with van der Waals surface area (Å²) in [7, 11) is 2.47. The summed E-state index contributed by atoms with van der Waals surface area (Å²) in [6.07, 6.45) is 12.0. The quantitative estimate of drug-likeness (QED) is 0.0430. The second-order valence-electron chi connectivity index (χ2n) is 25.5. The van der Waals surface area contributed by atoms with E-state index in [-0.39, 0.29) is 10.8 Å². The predicted molar refractivity (Wildman–Crippen MR) is 336 cm³/mol. The van der Waals surface area contributed by atoms with Gasteiger partial charge >= 0.3 is 16.8 Å². The van der Waals surface area contributed by atoms with Gasteiger partial charge in [-0.15, -0.1) is 0 Å². The van der Waals surface area contributed by atoms with Gasteiger partial charge in [0.2, 0.25) is 0 Å². The van der Waals surface area contributed by atoms with Crippen molar-refractivity contribution in [3.8, 4) is 46.0 Å². The Kier molecular flexibility index (Phi) is 20.9. The van der Waals surface area contributed by atoms with E-state index in [2.05, 4.69) is 145 Å². The summed E-state index contributed by atoms with van der Waals surface area (Å²) in [5.41, 5.74) is 7.63. The average molecular weight is 1140 g/mol. The summed E-state index contributed by atoms with van der Waals surface area (Å²) in [5, 5.41) is 1.65. The van der Waals surface area contributed by atoms with Crippen molar-refractivity contribution in [1.29, 1.82) is 0 Å². The molecular formula is C69H92O10P2. The number of rotatable bonds is 24. The highest BCUT2D eigenvalue weighted by atomic mass is 31.2. The first-order valence-electron chi connectivity index (χ1n) is 29.1. The molecule has 438 valence electrons. The molecule has 7 aromatic rings. The smallest absolute Gasteiger partial charge is 0.497 e. The largest absolute Gasteiger partial charge is 0.530 e. The maximum absolute atomic E-state index is 7.47. The third-order valence-electron chi connectivity index (χ3n) is 14.8. The minimum absolute atomic E-state index is 0.319. The number of hydrogen-bond donors (Lipinski definition) is 0. The summed E-state index contributed by atoms with van der Waals surface area (Å²) in [6.45, 7) is 30.6. The summed E-state index contributed by atoms with van der Waals surface area (Å²) in [6, 6.07) is 33.1. The Bertz CT molecular complexity index is 3100. The van der Waals surface area contributed by atoms with Crippen molar-refractivity contribution in [2.24, 2.45) is 0 Å². The van der Waals surface area contributed by atoms with Crippen LogP contribution in [0.3, 0.4) is 0 Å². The Morgan fingerprint density at radius 1 is 0.395 bits per heavy atom. The SMILES string of the molecule is CCCCCCc1ccc(OP(Oc2ccc(CCCCCC)cc2)Oc2c(Cc3cc(OC)cc(C(C)(C)C)c3Op3oc4c(C(C)(C)C)cc(OC)cc4c4cc(OC)cc(C(C)(C)C)c4o3)cc(OC)cc2C(C)(C)C)cc1. The molecular weight excluding hydrogens is 1050 g/mol. The molecule has 81 heavy (non-hydrogen) atoms. The molecule has 10 nitrogen and oxygen atoms in total. The third kappa shape index (κ3) is 16.2. The molecule has 0 atom stereocenters. The van der Waals surface area contributed by atoms with Crippen LogP contribution < -0.4 is 37.0 Å². The van der Waals surface area contributed by atoms with E-state index in [9.17, 15) is 0 Å². The Hall–Kier alpha value is -5.95. The fraction of sp³-hybridized carbons (Fsp3) is 0.478. The van der Waals surface area contributed by atoms with Crippen LogP contribution in [0.1, 0.15) is 193 Å². The van der Waals surface area contributed by atoms with Crippen LogP contribution in [0.15, 0.2) is 105 Å². The molecule has 0 saturated heterocycles. The number of unbranched alkanes of at least 4 members (excludes halogenated alkanes) is 6. The van der Waals surface area contributed by atoms with Gasteiger partial charge in [-0.3, -0.25) is 0 Å². The average Bonchev–Trinajstić information content (AvgIpc) is 3.74. The molecule has 12 heteroatoms. The molecule has 0 radical (unpaired) electrons. The first-order chi connectivity index (χ1) is 38.4. The summed E-state index contributed by atoms with van der Waals surface area (Å²) < 4.78 is 67.2. The van der Waals surface area contributed by atoms with E-state index in [0.717, 1.165) is 69.8 Å². The molecule has 0 saturated carbocycles. The van der Waals surface area contributed by atoms with Crippen molar-refractivity contribution >= 4 is 38.8 Å². The number of hydrogen-bond acceptors (Lipinski definition) is 10. The first-order valence-corrected chi connectivity index (χ1v) is 31.3. The zero-order valence-electron chi connectivity index (χ0n) is 52.0. The van der Waals surface area contributed by atoms with E-state index in [0.29, 0.717) is 63.6 Å². The highest BCUT2D eigenvalue weighted by molar-refractivity contribution is 7.43. The van der Waals surface area contributed by atoms with E-state index >= 15 is 0 Å². The van der Waals surface area contributed by atoms with Crippen LogP contribution >= 0.6 is 16.8 Å². The van der Waals surface area contributed by atoms with Gasteiger partial charge in [0.1, 0.15) is 57.2 Å². The molecule has 0 bridgehead atoms. The van der Waals surface area contributed by atoms with Crippen molar-refractivity contribution in [2.45, 2.75) is 189 Å². The molecule has 0 unspecified atom stereocenters. The van der Waals surface area contributed by atoms with Gasteiger partial charge in [0.25, 0.3) is 0 Å². The van der Waals surface area contributed by atoms with Gasteiger partial charge in [-0.1, -0.05) is 160 Å². The van der Waals surface area contributed by atoms with Crippen molar-refractivity contribution < 1.29 is 45.4 Å². The molecule has 0 N–H and O–H groups in total. The lowest BCUT2D eigenvalue weighted by Gasteiger charge is -2.28. The van der Waals surface area contributed by atoms with E-state index < -0.39 is 27.7 Å². The molecule has 0 aliphatic carbocycles. The predicted octanol–water partition coefficient (Wildman–Crippen LogP) is 21.0. The topological polar surface area (TPSA) is 100 Å². The zero-order chi connectivity index (χ0) is 58.9. The number of aryl methyl sites for hydroxylation is 2. The Labute approximate surface area is 487 Å². The minimum atomic E-state index is -2.21. The van der Waals surface area contributed by atoms with Gasteiger partial charge in [0.15, 0.2) is 0 Å². The number of ether oxygens (including phenoxy) is 4. The summed E-state index contributed by atoms with van der Waals surface area (Å²) in [4.78, 5) is 0. The van der Waals surface area contributed by atoms with Crippen molar-refractivity contribution in [1.82, 2.24) is 0 Å². The van der Waals surface area contributed by atoms with E-state index in [1.54, 1.807) is 28.4 Å². The van der Waals surface area contributed by atoms with Crippen LogP contribution in [0, 0.1) is 0 Å². The maximum atomic E-state index is 7.47. The van der Waals surface area contributed by atoms with E-state index in [1.165, 1.54) is 49.7 Å².